The van der Waals surface area contributed by atoms with Crippen LogP contribution in [0.5, 0.6) is 0 Å². The first-order valence-electron chi connectivity index (χ1n) is 10.8. The van der Waals surface area contributed by atoms with E-state index in [4.69, 9.17) is 4.98 Å². The van der Waals surface area contributed by atoms with Crippen molar-refractivity contribution in [3.8, 4) is 11.4 Å². The van der Waals surface area contributed by atoms with Crippen LogP contribution in [-0.2, 0) is 0 Å². The van der Waals surface area contributed by atoms with Crippen LogP contribution in [0.2, 0.25) is 0 Å². The summed E-state index contributed by atoms with van der Waals surface area (Å²) in [7, 11) is 0. The van der Waals surface area contributed by atoms with E-state index in [0.29, 0.717) is 0 Å². The quantitative estimate of drug-likeness (QED) is 0.311. The Morgan fingerprint density at radius 3 is 2.09 bits per heavy atom. The van der Waals surface area contributed by atoms with Gasteiger partial charge in [-0.3, -0.25) is 8.97 Å². The molecule has 0 aliphatic carbocycles. The molecule has 0 aliphatic heterocycles. The van der Waals surface area contributed by atoms with Crippen LogP contribution in [0.15, 0.2) is 103 Å². The molecule has 0 radical (unpaired) electrons. The Morgan fingerprint density at radius 1 is 0.562 bits per heavy atom. The zero-order chi connectivity index (χ0) is 21.2. The summed E-state index contributed by atoms with van der Waals surface area (Å²) in [5, 5.41) is 2.49. The van der Waals surface area contributed by atoms with Crippen molar-refractivity contribution in [1.82, 2.24) is 18.5 Å². The molecule has 152 valence electrons. The number of aromatic nitrogens is 4. The number of fused-ring (bicyclic) bond motifs is 6. The highest BCUT2D eigenvalue weighted by molar-refractivity contribution is 6.10. The van der Waals surface area contributed by atoms with Gasteiger partial charge >= 0.3 is 0 Å². The Kier molecular flexibility index (Phi) is 3.45. The number of imidazole rings is 2. The van der Waals surface area contributed by atoms with Gasteiger partial charge in [0.15, 0.2) is 0 Å². The van der Waals surface area contributed by atoms with Gasteiger partial charge in [0.2, 0.25) is 5.78 Å². The number of aryl methyl sites for hydroxylation is 1. The second-order valence-electron chi connectivity index (χ2n) is 8.25. The predicted molar refractivity (Wildman–Crippen MR) is 131 cm³/mol. The van der Waals surface area contributed by atoms with Crippen molar-refractivity contribution in [2.75, 3.05) is 0 Å². The van der Waals surface area contributed by atoms with E-state index < -0.39 is 0 Å². The maximum Gasteiger partial charge on any atom is 0.219 e. The first-order valence-corrected chi connectivity index (χ1v) is 10.8. The van der Waals surface area contributed by atoms with Crippen molar-refractivity contribution in [1.29, 1.82) is 0 Å². The fraction of sp³-hybridized carbons (Fsp3) is 0.0357. The highest BCUT2D eigenvalue weighted by Gasteiger charge is 2.17. The van der Waals surface area contributed by atoms with E-state index in [9.17, 15) is 0 Å². The molecule has 4 nitrogen and oxygen atoms in total. The molecule has 4 heteroatoms. The van der Waals surface area contributed by atoms with Gasteiger partial charge in [-0.05, 0) is 55.5 Å². The van der Waals surface area contributed by atoms with Crippen LogP contribution in [0.3, 0.4) is 0 Å². The molecule has 0 aliphatic rings. The largest absolute Gasteiger partial charge is 0.309 e. The summed E-state index contributed by atoms with van der Waals surface area (Å²) in [6, 6.07) is 34.4. The fourth-order valence-electron chi connectivity index (χ4n) is 5.04. The molecular formula is C28H20N4. The van der Waals surface area contributed by atoms with E-state index >= 15 is 0 Å². The Morgan fingerprint density at radius 2 is 1.25 bits per heavy atom. The highest BCUT2D eigenvalue weighted by Crippen LogP contribution is 2.34. The number of hydrogen-bond acceptors (Lipinski definition) is 1. The van der Waals surface area contributed by atoms with Crippen LogP contribution in [0.25, 0.3) is 50.0 Å². The Bertz CT molecular complexity index is 1780. The molecular weight excluding hydrogens is 392 g/mol. The fourth-order valence-corrected chi connectivity index (χ4v) is 5.04. The van der Waals surface area contributed by atoms with E-state index in [2.05, 4.69) is 118 Å². The van der Waals surface area contributed by atoms with Crippen LogP contribution >= 0.6 is 0 Å². The summed E-state index contributed by atoms with van der Waals surface area (Å²) in [6.45, 7) is 2.10. The van der Waals surface area contributed by atoms with Gasteiger partial charge in [-0.25, -0.2) is 4.98 Å². The third-order valence-electron chi connectivity index (χ3n) is 6.41. The molecule has 0 saturated carbocycles. The Balaban J connectivity index is 1.59. The third kappa shape index (κ3) is 2.24. The molecule has 0 amide bonds. The number of para-hydroxylation sites is 4. The standard InChI is InChI=1S/C28H20N4/c1-19-18-29-28-30(19)26-13-7-8-14-27(26)32(28)21-15-16-25-23(17-21)22-11-5-6-12-24(22)31(25)20-9-3-2-4-10-20/h2-18H,1H3. The normalized spacial score (nSPS) is 11.9. The van der Waals surface area contributed by atoms with Gasteiger partial charge in [0.05, 0.1) is 28.3 Å². The van der Waals surface area contributed by atoms with E-state index in [1.807, 2.05) is 6.20 Å². The zero-order valence-corrected chi connectivity index (χ0v) is 17.6. The summed E-state index contributed by atoms with van der Waals surface area (Å²) in [6.07, 6.45) is 1.94. The van der Waals surface area contributed by atoms with Crippen molar-refractivity contribution < 1.29 is 0 Å². The summed E-state index contributed by atoms with van der Waals surface area (Å²) in [5.41, 5.74) is 8.17. The monoisotopic (exact) mass is 412 g/mol. The van der Waals surface area contributed by atoms with Crippen LogP contribution in [-0.4, -0.2) is 18.5 Å². The Labute approximate surface area is 184 Å². The molecule has 0 fully saturated rings. The van der Waals surface area contributed by atoms with Gasteiger partial charge in [0.1, 0.15) is 0 Å². The number of rotatable bonds is 2. The van der Waals surface area contributed by atoms with Gasteiger partial charge in [0, 0.05) is 27.8 Å². The van der Waals surface area contributed by atoms with Gasteiger partial charge in [-0.15, -0.1) is 0 Å². The van der Waals surface area contributed by atoms with E-state index in [0.717, 1.165) is 22.7 Å². The maximum atomic E-state index is 4.75. The van der Waals surface area contributed by atoms with Crippen LogP contribution < -0.4 is 0 Å². The molecule has 4 aromatic carbocycles. The second-order valence-corrected chi connectivity index (χ2v) is 8.25. The molecule has 3 aromatic heterocycles. The predicted octanol–water partition coefficient (Wildman–Crippen LogP) is 6.68. The van der Waals surface area contributed by atoms with Crippen LogP contribution in [0.1, 0.15) is 5.69 Å². The summed E-state index contributed by atoms with van der Waals surface area (Å²) >= 11 is 0. The first-order chi connectivity index (χ1) is 15.8. The number of benzene rings is 4. The van der Waals surface area contributed by atoms with Gasteiger partial charge < -0.3 is 4.57 Å². The third-order valence-corrected chi connectivity index (χ3v) is 6.41. The molecule has 3 heterocycles. The average Bonchev–Trinajstić information content (AvgIpc) is 3.49. The van der Waals surface area contributed by atoms with Crippen LogP contribution in [0, 0.1) is 6.92 Å². The molecule has 0 atom stereocenters. The van der Waals surface area contributed by atoms with Crippen molar-refractivity contribution in [3.63, 3.8) is 0 Å². The van der Waals surface area contributed by atoms with Gasteiger partial charge in [-0.1, -0.05) is 48.5 Å². The molecule has 0 spiro atoms. The molecule has 0 unspecified atom stereocenters. The number of hydrogen-bond donors (Lipinski definition) is 0. The highest BCUT2D eigenvalue weighted by atomic mass is 15.2. The minimum atomic E-state index is 0.940. The van der Waals surface area contributed by atoms with Crippen molar-refractivity contribution in [2.24, 2.45) is 0 Å². The second kappa shape index (κ2) is 6.34. The lowest BCUT2D eigenvalue weighted by molar-refractivity contribution is 1.09. The molecule has 0 N–H and O–H groups in total. The summed E-state index contributed by atoms with van der Waals surface area (Å²) < 4.78 is 6.83. The minimum absolute atomic E-state index is 0.940. The molecule has 32 heavy (non-hydrogen) atoms. The average molecular weight is 412 g/mol. The Hall–Kier alpha value is -4.31. The van der Waals surface area contributed by atoms with E-state index in [1.54, 1.807) is 0 Å². The van der Waals surface area contributed by atoms with Crippen molar-refractivity contribution in [3.05, 3.63) is 109 Å². The summed E-state index contributed by atoms with van der Waals surface area (Å²) in [4.78, 5) is 4.75. The SMILES string of the molecule is Cc1cnc2n(-c3ccc4c(c3)c3ccccc3n4-c3ccccc3)c3ccccc3n12. The molecule has 7 rings (SSSR count). The minimum Gasteiger partial charge on any atom is -0.309 e. The van der Waals surface area contributed by atoms with Crippen LogP contribution in [0.4, 0.5) is 0 Å². The lowest BCUT2D eigenvalue weighted by atomic mass is 10.1. The number of nitrogens with zero attached hydrogens (tertiary/aromatic N) is 4. The van der Waals surface area contributed by atoms with Crippen molar-refractivity contribution in [2.45, 2.75) is 6.92 Å². The zero-order valence-electron chi connectivity index (χ0n) is 17.6. The first kappa shape index (κ1) is 17.4. The molecule has 0 bridgehead atoms. The van der Waals surface area contributed by atoms with Crippen molar-refractivity contribution >= 4 is 38.6 Å². The van der Waals surface area contributed by atoms with Gasteiger partial charge in [-0.2, -0.15) is 0 Å². The van der Waals surface area contributed by atoms with Gasteiger partial charge in [0.25, 0.3) is 0 Å². The lowest BCUT2D eigenvalue weighted by Gasteiger charge is -2.09. The molecule has 7 aromatic rings. The van der Waals surface area contributed by atoms with E-state index in [1.165, 1.54) is 33.0 Å². The lowest BCUT2D eigenvalue weighted by Crippen LogP contribution is -1.96. The topological polar surface area (TPSA) is 27.2 Å². The summed E-state index contributed by atoms with van der Waals surface area (Å²) in [5.74, 6) is 0.940. The smallest absolute Gasteiger partial charge is 0.219 e. The van der Waals surface area contributed by atoms with E-state index in [-0.39, 0.29) is 0 Å². The molecule has 0 saturated heterocycles. The maximum absolute atomic E-state index is 4.75.